The molecule has 0 unspecified atom stereocenters. The highest BCUT2D eigenvalue weighted by atomic mass is 16.5. The molecule has 1 aromatic rings. The highest BCUT2D eigenvalue weighted by Crippen LogP contribution is 2.37. The summed E-state index contributed by atoms with van der Waals surface area (Å²) in [6, 6.07) is 6.03. The number of hydrogen-bond donors (Lipinski definition) is 1. The minimum Gasteiger partial charge on any atom is -0.490 e. The number of amides is 2. The highest BCUT2D eigenvalue weighted by molar-refractivity contribution is 5.82. The third-order valence-electron chi connectivity index (χ3n) is 5.06. The zero-order valence-electron chi connectivity index (χ0n) is 18.0. The molecule has 1 fully saturated rings. The summed E-state index contributed by atoms with van der Waals surface area (Å²) in [6.45, 7) is 8.30. The molecule has 0 aromatic heterocycles. The first-order valence-electron chi connectivity index (χ1n) is 10.4. The molecule has 3 rings (SSSR count). The second-order valence-corrected chi connectivity index (χ2v) is 8.97. The van der Waals surface area contributed by atoms with Crippen LogP contribution in [0.3, 0.4) is 0 Å². The van der Waals surface area contributed by atoms with E-state index in [0.29, 0.717) is 13.2 Å². The maximum Gasteiger partial charge on any atom is 0.237 e. The van der Waals surface area contributed by atoms with Gasteiger partial charge in [0.1, 0.15) is 0 Å². The number of hydrogen-bond acceptors (Lipinski definition) is 5. The van der Waals surface area contributed by atoms with E-state index < -0.39 is 0 Å². The molecule has 0 aliphatic carbocycles. The second-order valence-electron chi connectivity index (χ2n) is 8.97. The fourth-order valence-corrected chi connectivity index (χ4v) is 3.88. The van der Waals surface area contributed by atoms with Crippen LogP contribution in [0.5, 0.6) is 11.5 Å². The summed E-state index contributed by atoms with van der Waals surface area (Å²) in [7, 11) is 1.80. The van der Waals surface area contributed by atoms with Crippen molar-refractivity contribution in [1.82, 2.24) is 15.1 Å². The Hall–Kier alpha value is -2.28. The number of rotatable bonds is 5. The zero-order valence-corrected chi connectivity index (χ0v) is 18.0. The topological polar surface area (TPSA) is 71.1 Å². The number of likely N-dealkylation sites (N-methyl/N-ethyl adjacent to an activating group) is 1. The van der Waals surface area contributed by atoms with Gasteiger partial charge in [-0.2, -0.15) is 0 Å². The quantitative estimate of drug-likeness (QED) is 0.817. The number of nitrogens with one attached hydrogen (secondary N) is 1. The van der Waals surface area contributed by atoms with Crippen LogP contribution in [0.1, 0.15) is 51.6 Å². The molecule has 0 bridgehead atoms. The van der Waals surface area contributed by atoms with Crippen LogP contribution in [0.4, 0.5) is 0 Å². The molecule has 0 saturated carbocycles. The number of ether oxygens (including phenoxy) is 2. The summed E-state index contributed by atoms with van der Waals surface area (Å²) in [5.41, 5.74) is 0.798. The standard InChI is InChI=1S/C22H33N3O4/c1-22(2,3)23-20(26)14-24(4)15-21(27)25-10-5-7-17(25)16-8-9-18-19(13-16)29-12-6-11-28-18/h8-9,13,17H,5-7,10-12,14-15H2,1-4H3,(H,23,26)/t17-/m0/s1. The summed E-state index contributed by atoms with van der Waals surface area (Å²) >= 11 is 0. The molecule has 7 nitrogen and oxygen atoms in total. The summed E-state index contributed by atoms with van der Waals surface area (Å²) in [4.78, 5) is 28.8. The summed E-state index contributed by atoms with van der Waals surface area (Å²) in [5.74, 6) is 1.50. The molecule has 2 aliphatic heterocycles. The summed E-state index contributed by atoms with van der Waals surface area (Å²) in [5, 5.41) is 2.93. The number of likely N-dealkylation sites (tertiary alicyclic amines) is 1. The average molecular weight is 404 g/mol. The fourth-order valence-electron chi connectivity index (χ4n) is 3.88. The van der Waals surface area contributed by atoms with Gasteiger partial charge in [-0.3, -0.25) is 14.5 Å². The van der Waals surface area contributed by atoms with Crippen LogP contribution >= 0.6 is 0 Å². The van der Waals surface area contributed by atoms with E-state index in [1.807, 2.05) is 43.9 Å². The van der Waals surface area contributed by atoms with Crippen LogP contribution in [0.15, 0.2) is 18.2 Å². The fraction of sp³-hybridized carbons (Fsp3) is 0.636. The van der Waals surface area contributed by atoms with Crippen molar-refractivity contribution in [2.45, 2.75) is 51.6 Å². The Morgan fingerprint density at radius 1 is 1.14 bits per heavy atom. The SMILES string of the molecule is CN(CC(=O)NC(C)(C)C)CC(=O)N1CCC[C@H]1c1ccc2c(c1)OCCCO2. The van der Waals surface area contributed by atoms with Gasteiger partial charge < -0.3 is 19.7 Å². The molecule has 1 atom stereocenters. The van der Waals surface area contributed by atoms with Crippen molar-refractivity contribution in [3.63, 3.8) is 0 Å². The predicted octanol–water partition coefficient (Wildman–Crippen LogP) is 2.36. The largest absolute Gasteiger partial charge is 0.490 e. The van der Waals surface area contributed by atoms with Gasteiger partial charge in [0.2, 0.25) is 11.8 Å². The first-order chi connectivity index (χ1) is 13.7. The lowest BCUT2D eigenvalue weighted by molar-refractivity contribution is -0.133. The first-order valence-corrected chi connectivity index (χ1v) is 10.4. The van der Waals surface area contributed by atoms with E-state index in [2.05, 4.69) is 5.32 Å². The summed E-state index contributed by atoms with van der Waals surface area (Å²) < 4.78 is 11.5. The molecule has 0 radical (unpaired) electrons. The molecule has 1 aromatic carbocycles. The third kappa shape index (κ3) is 5.85. The molecule has 7 heteroatoms. The van der Waals surface area contributed by atoms with E-state index in [4.69, 9.17) is 9.47 Å². The van der Waals surface area contributed by atoms with Crippen LogP contribution in [0.25, 0.3) is 0 Å². The minimum atomic E-state index is -0.279. The number of carbonyl (C=O) groups excluding carboxylic acids is 2. The van der Waals surface area contributed by atoms with Gasteiger partial charge in [-0.25, -0.2) is 0 Å². The van der Waals surface area contributed by atoms with Gasteiger partial charge in [-0.05, 0) is 58.4 Å². The molecule has 1 N–H and O–H groups in total. The maximum atomic E-state index is 12.9. The summed E-state index contributed by atoms with van der Waals surface area (Å²) in [6.07, 6.45) is 2.77. The molecule has 2 amide bonds. The van der Waals surface area contributed by atoms with Gasteiger partial charge in [0.25, 0.3) is 0 Å². The van der Waals surface area contributed by atoms with E-state index in [1.165, 1.54) is 0 Å². The number of fused-ring (bicyclic) bond motifs is 1. The van der Waals surface area contributed by atoms with E-state index >= 15 is 0 Å². The first kappa shape index (κ1) is 21.4. The van der Waals surface area contributed by atoms with Gasteiger partial charge in [-0.15, -0.1) is 0 Å². The van der Waals surface area contributed by atoms with E-state index in [1.54, 1.807) is 11.9 Å². The van der Waals surface area contributed by atoms with Crippen molar-refractivity contribution < 1.29 is 19.1 Å². The second kappa shape index (κ2) is 9.03. The van der Waals surface area contributed by atoms with E-state index in [9.17, 15) is 9.59 Å². The number of benzene rings is 1. The van der Waals surface area contributed by atoms with Crippen LogP contribution in [-0.2, 0) is 9.59 Å². The average Bonchev–Trinajstić information content (AvgIpc) is 2.98. The molecule has 2 aliphatic rings. The van der Waals surface area contributed by atoms with Crippen molar-refractivity contribution in [2.24, 2.45) is 0 Å². The molecular formula is C22H33N3O4. The molecular weight excluding hydrogens is 370 g/mol. The lowest BCUT2D eigenvalue weighted by atomic mass is 10.0. The molecule has 0 spiro atoms. The maximum absolute atomic E-state index is 12.9. The third-order valence-corrected chi connectivity index (χ3v) is 5.06. The van der Waals surface area contributed by atoms with Gasteiger partial charge in [-0.1, -0.05) is 6.07 Å². The molecule has 29 heavy (non-hydrogen) atoms. The van der Waals surface area contributed by atoms with Crippen LogP contribution in [-0.4, -0.2) is 67.0 Å². The van der Waals surface area contributed by atoms with Crippen LogP contribution < -0.4 is 14.8 Å². The van der Waals surface area contributed by atoms with E-state index in [0.717, 1.165) is 42.9 Å². The lowest BCUT2D eigenvalue weighted by Crippen LogP contribution is -2.47. The Balaban J connectivity index is 1.62. The van der Waals surface area contributed by atoms with Crippen molar-refractivity contribution in [3.05, 3.63) is 23.8 Å². The van der Waals surface area contributed by atoms with Gasteiger partial charge >= 0.3 is 0 Å². The Labute approximate surface area is 173 Å². The van der Waals surface area contributed by atoms with Crippen LogP contribution in [0.2, 0.25) is 0 Å². The van der Waals surface area contributed by atoms with Gasteiger partial charge in [0.15, 0.2) is 11.5 Å². The Morgan fingerprint density at radius 2 is 1.86 bits per heavy atom. The van der Waals surface area contributed by atoms with Crippen molar-refractivity contribution in [2.75, 3.05) is 39.9 Å². The van der Waals surface area contributed by atoms with Crippen LogP contribution in [0, 0.1) is 0 Å². The molecule has 1 saturated heterocycles. The van der Waals surface area contributed by atoms with Gasteiger partial charge in [0.05, 0.1) is 32.3 Å². The smallest absolute Gasteiger partial charge is 0.237 e. The number of nitrogens with zero attached hydrogens (tertiary/aromatic N) is 2. The predicted molar refractivity (Wildman–Crippen MR) is 111 cm³/mol. The van der Waals surface area contributed by atoms with E-state index in [-0.39, 0.29) is 36.5 Å². The monoisotopic (exact) mass is 403 g/mol. The number of carbonyl (C=O) groups is 2. The van der Waals surface area contributed by atoms with Crippen molar-refractivity contribution in [3.8, 4) is 11.5 Å². The normalized spacial score (nSPS) is 19.2. The van der Waals surface area contributed by atoms with Gasteiger partial charge in [0, 0.05) is 18.5 Å². The Morgan fingerprint density at radius 3 is 2.59 bits per heavy atom. The van der Waals surface area contributed by atoms with Crippen molar-refractivity contribution in [1.29, 1.82) is 0 Å². The molecule has 2 heterocycles. The minimum absolute atomic E-state index is 0.0384. The Kier molecular flexibility index (Phi) is 6.67. The highest BCUT2D eigenvalue weighted by Gasteiger charge is 2.31. The lowest BCUT2D eigenvalue weighted by Gasteiger charge is -2.28. The zero-order chi connectivity index (χ0) is 21.0. The van der Waals surface area contributed by atoms with Crippen molar-refractivity contribution >= 4 is 11.8 Å². The molecule has 160 valence electrons. The Bertz CT molecular complexity index is 744.